The van der Waals surface area contributed by atoms with Crippen LogP contribution >= 0.6 is 0 Å². The zero-order chi connectivity index (χ0) is 27.4. The van der Waals surface area contributed by atoms with Crippen molar-refractivity contribution in [2.24, 2.45) is 14.1 Å². The van der Waals surface area contributed by atoms with Crippen LogP contribution in [0.25, 0.3) is 11.0 Å². The molecule has 3 aromatic rings. The summed E-state index contributed by atoms with van der Waals surface area (Å²) < 4.78 is 24.2. The molecule has 1 spiro atoms. The van der Waals surface area contributed by atoms with Gasteiger partial charge in [-0.25, -0.2) is 9.59 Å². The van der Waals surface area contributed by atoms with Crippen LogP contribution in [0.1, 0.15) is 44.2 Å². The number of ether oxygens (including phenoxy) is 1. The zero-order valence-electron chi connectivity index (χ0n) is 21.7. The van der Waals surface area contributed by atoms with Gasteiger partial charge in [-0.3, -0.25) is 28.3 Å². The number of aromatic amines is 1. The number of halogens is 1. The molecule has 2 aliphatic heterocycles. The van der Waals surface area contributed by atoms with Gasteiger partial charge in [-0.2, -0.15) is 4.39 Å². The Hall–Kier alpha value is -3.51. The van der Waals surface area contributed by atoms with Gasteiger partial charge in [-0.1, -0.05) is 6.07 Å². The van der Waals surface area contributed by atoms with E-state index in [0.29, 0.717) is 38.8 Å². The van der Waals surface area contributed by atoms with E-state index < -0.39 is 34.3 Å². The number of aromatic nitrogens is 4. The second-order valence-electron chi connectivity index (χ2n) is 10.8. The molecule has 2 atom stereocenters. The summed E-state index contributed by atoms with van der Waals surface area (Å²) in [5, 5.41) is 11.2. The number of nitrogens with zero attached hydrogens (tertiary/aromatic N) is 4. The van der Waals surface area contributed by atoms with Crippen molar-refractivity contribution >= 4 is 16.9 Å². The van der Waals surface area contributed by atoms with Gasteiger partial charge >= 0.3 is 11.4 Å². The van der Waals surface area contributed by atoms with Gasteiger partial charge in [0, 0.05) is 40.0 Å². The highest BCUT2D eigenvalue weighted by Crippen LogP contribution is 2.43. The van der Waals surface area contributed by atoms with E-state index in [1.807, 2.05) is 23.2 Å². The summed E-state index contributed by atoms with van der Waals surface area (Å²) in [7, 11) is 3.46. The number of imidazole rings is 1. The Kier molecular flexibility index (Phi) is 6.42. The minimum atomic E-state index is -1.39. The molecule has 2 aromatic heterocycles. The third-order valence-corrected chi connectivity index (χ3v) is 8.20. The van der Waals surface area contributed by atoms with E-state index in [9.17, 15) is 28.7 Å². The first kappa shape index (κ1) is 26.1. The van der Waals surface area contributed by atoms with Crippen LogP contribution in [0.5, 0.6) is 0 Å². The lowest BCUT2D eigenvalue weighted by Crippen LogP contribution is -2.59. The number of nitrogens with one attached hydrogen (secondary N) is 1. The smallest absolute Gasteiger partial charge is 0.328 e. The topological polar surface area (TPSA) is 132 Å². The summed E-state index contributed by atoms with van der Waals surface area (Å²) in [5.41, 5.74) is -1.42. The summed E-state index contributed by atoms with van der Waals surface area (Å²) >= 11 is 0. The van der Waals surface area contributed by atoms with E-state index in [0.717, 1.165) is 27.4 Å². The van der Waals surface area contributed by atoms with Crippen LogP contribution in [-0.4, -0.2) is 65.5 Å². The quantitative estimate of drug-likeness (QED) is 0.508. The number of hydrogen-bond donors (Lipinski definition) is 2. The highest BCUT2D eigenvalue weighted by atomic mass is 19.1. The van der Waals surface area contributed by atoms with Crippen molar-refractivity contribution in [3.05, 3.63) is 67.1 Å². The van der Waals surface area contributed by atoms with Crippen LogP contribution in [0.2, 0.25) is 0 Å². The Morgan fingerprint density at radius 2 is 1.84 bits per heavy atom. The predicted molar refractivity (Wildman–Crippen MR) is 137 cm³/mol. The normalized spacial score (nSPS) is 23.3. The van der Waals surface area contributed by atoms with Crippen LogP contribution in [-0.2, 0) is 30.0 Å². The molecule has 5 rings (SSSR count). The number of amides is 1. The van der Waals surface area contributed by atoms with Crippen LogP contribution < -0.4 is 16.9 Å². The molecule has 4 heterocycles. The Morgan fingerprint density at radius 3 is 2.53 bits per heavy atom. The van der Waals surface area contributed by atoms with Crippen LogP contribution in [0.3, 0.4) is 0 Å². The second-order valence-corrected chi connectivity index (χ2v) is 10.8. The maximum absolute atomic E-state index is 13.8. The fraction of sp³-hybridized carbons (Fsp3) is 0.538. The molecule has 1 amide bonds. The molecule has 12 heteroatoms. The highest BCUT2D eigenvalue weighted by molar-refractivity contribution is 5.78. The number of fused-ring (bicyclic) bond motifs is 1. The molecule has 0 unspecified atom stereocenters. The minimum Gasteiger partial charge on any atom is -0.388 e. The van der Waals surface area contributed by atoms with E-state index >= 15 is 0 Å². The first-order valence-electron chi connectivity index (χ1n) is 12.7. The van der Waals surface area contributed by atoms with Gasteiger partial charge in [-0.15, -0.1) is 0 Å². The van der Waals surface area contributed by atoms with Crippen LogP contribution in [0.4, 0.5) is 4.39 Å². The van der Waals surface area contributed by atoms with Gasteiger partial charge in [0.2, 0.25) is 11.7 Å². The van der Waals surface area contributed by atoms with Crippen molar-refractivity contribution in [3.8, 4) is 0 Å². The SMILES string of the molecule is Cn1c(=O)n(C)c2cc(CCC(=O)N3CCC4(CC3)C[C@@](C)(O)[C@H](n3cc(F)c(=O)[nH]c3=O)CO4)ccc21. The summed E-state index contributed by atoms with van der Waals surface area (Å²) in [6.45, 7) is 2.49. The monoisotopic (exact) mass is 529 g/mol. The van der Waals surface area contributed by atoms with E-state index in [1.165, 1.54) is 0 Å². The number of carbonyl (C=O) groups is 1. The standard InChI is InChI=1S/C26H32FN5O6/c1-25(37)15-26(38-14-20(25)32-13-17(27)22(34)28-23(32)35)8-10-31(11-9-26)21(33)7-5-16-4-6-18-19(12-16)30(3)24(36)29(18)2/h4,6,12-13,20,37H,5,7-11,14-15H2,1-3H3,(H,28,34,35)/t20-,25-/m1/s1. The van der Waals surface area contributed by atoms with Crippen molar-refractivity contribution in [1.29, 1.82) is 0 Å². The molecule has 2 fully saturated rings. The zero-order valence-corrected chi connectivity index (χ0v) is 21.7. The Morgan fingerprint density at radius 1 is 1.16 bits per heavy atom. The third-order valence-electron chi connectivity index (χ3n) is 8.20. The maximum atomic E-state index is 13.8. The van der Waals surface area contributed by atoms with Gasteiger partial charge < -0.3 is 14.7 Å². The Balaban J connectivity index is 1.20. The second kappa shape index (κ2) is 9.35. The number of hydrogen-bond acceptors (Lipinski definition) is 6. The largest absolute Gasteiger partial charge is 0.388 e. The first-order valence-corrected chi connectivity index (χ1v) is 12.7. The van der Waals surface area contributed by atoms with Gasteiger partial charge in [0.15, 0.2) is 0 Å². The highest BCUT2D eigenvalue weighted by Gasteiger charge is 2.50. The minimum absolute atomic E-state index is 0.0256. The molecule has 0 saturated carbocycles. The van der Waals surface area contributed by atoms with Crippen LogP contribution in [0.15, 0.2) is 38.8 Å². The van der Waals surface area contributed by atoms with Crippen molar-refractivity contribution in [1.82, 2.24) is 23.6 Å². The molecule has 11 nitrogen and oxygen atoms in total. The lowest BCUT2D eigenvalue weighted by molar-refractivity contribution is -0.198. The first-order chi connectivity index (χ1) is 17.9. The van der Waals surface area contributed by atoms with E-state index in [-0.39, 0.29) is 24.6 Å². The molecule has 1 aromatic carbocycles. The lowest BCUT2D eigenvalue weighted by Gasteiger charge is -2.51. The number of piperidine rings is 1. The average Bonchev–Trinajstić information content (AvgIpc) is 3.08. The number of rotatable bonds is 4. The van der Waals surface area contributed by atoms with Gasteiger partial charge in [-0.05, 0) is 43.9 Å². The van der Waals surface area contributed by atoms with Gasteiger partial charge in [0.05, 0.1) is 41.1 Å². The summed E-state index contributed by atoms with van der Waals surface area (Å²) in [6.07, 6.45) is 2.94. The Labute approximate surface area is 217 Å². The average molecular weight is 530 g/mol. The molecule has 0 bridgehead atoms. The number of aliphatic hydroxyl groups is 1. The van der Waals surface area contributed by atoms with Crippen molar-refractivity contribution in [2.75, 3.05) is 19.7 Å². The third kappa shape index (κ3) is 4.51. The lowest BCUT2D eigenvalue weighted by atomic mass is 9.75. The van der Waals surface area contributed by atoms with E-state index in [2.05, 4.69) is 0 Å². The van der Waals surface area contributed by atoms with Gasteiger partial charge in [0.1, 0.15) is 0 Å². The van der Waals surface area contributed by atoms with E-state index in [4.69, 9.17) is 4.74 Å². The van der Waals surface area contributed by atoms with Crippen molar-refractivity contribution < 1.29 is 19.0 Å². The maximum Gasteiger partial charge on any atom is 0.328 e. The fourth-order valence-corrected chi connectivity index (χ4v) is 5.93. The molecule has 2 saturated heterocycles. The number of likely N-dealkylation sites (tertiary alicyclic amines) is 1. The number of aryl methyl sites for hydroxylation is 3. The molecule has 2 N–H and O–H groups in total. The molecule has 2 aliphatic rings. The van der Waals surface area contributed by atoms with Crippen LogP contribution in [0, 0.1) is 5.82 Å². The molecule has 204 valence electrons. The molecular weight excluding hydrogens is 497 g/mol. The number of H-pyrrole nitrogens is 1. The molecule has 0 aliphatic carbocycles. The van der Waals surface area contributed by atoms with Gasteiger partial charge in [0.25, 0.3) is 5.56 Å². The summed E-state index contributed by atoms with van der Waals surface area (Å²) in [6, 6.07) is 4.92. The molecule has 38 heavy (non-hydrogen) atoms. The Bertz CT molecular complexity index is 1570. The molecule has 0 radical (unpaired) electrons. The van der Waals surface area contributed by atoms with Crippen molar-refractivity contribution in [2.45, 2.75) is 56.3 Å². The summed E-state index contributed by atoms with van der Waals surface area (Å²) in [4.78, 5) is 52.5. The number of benzene rings is 1. The number of carbonyl (C=O) groups excluding carboxylic acids is 1. The fourth-order valence-electron chi connectivity index (χ4n) is 5.93. The summed E-state index contributed by atoms with van der Waals surface area (Å²) in [5.74, 6) is -1.09. The predicted octanol–water partition coefficient (Wildman–Crippen LogP) is 0.573. The molecular formula is C26H32FN5O6. The van der Waals surface area contributed by atoms with E-state index in [1.54, 1.807) is 35.1 Å². The van der Waals surface area contributed by atoms with Crippen molar-refractivity contribution in [3.63, 3.8) is 0 Å².